The molecular formula is C17H11ClF3N3OS. The molecule has 3 rings (SSSR count). The van der Waals surface area contributed by atoms with Crippen LogP contribution in [0.4, 0.5) is 23.7 Å². The van der Waals surface area contributed by atoms with Gasteiger partial charge >= 0.3 is 6.18 Å². The van der Waals surface area contributed by atoms with E-state index in [1.165, 1.54) is 18.3 Å². The summed E-state index contributed by atoms with van der Waals surface area (Å²) in [4.78, 5) is 11.2. The fraction of sp³-hybridized carbons (Fsp3) is 0.0588. The molecule has 4 nitrogen and oxygen atoms in total. The Morgan fingerprint density at radius 3 is 2.54 bits per heavy atom. The molecule has 0 aliphatic heterocycles. The van der Waals surface area contributed by atoms with Gasteiger partial charge in [0.25, 0.3) is 5.24 Å². The standard InChI is InChI=1S/C17H11ClF3N3OS/c18-11-4-1-3-10(9-11)13-7-8-24(23-13)15-12(17(19,20)21)5-2-6-14(15)22-16(25)26/h1-9H,(H2,22,25,26). The number of amides is 1. The maximum Gasteiger partial charge on any atom is 0.418 e. The van der Waals surface area contributed by atoms with E-state index < -0.39 is 17.0 Å². The topological polar surface area (TPSA) is 46.9 Å². The van der Waals surface area contributed by atoms with Crippen LogP contribution < -0.4 is 5.32 Å². The molecule has 26 heavy (non-hydrogen) atoms. The van der Waals surface area contributed by atoms with Gasteiger partial charge in [0.15, 0.2) is 0 Å². The van der Waals surface area contributed by atoms with Gasteiger partial charge in [0.1, 0.15) is 5.69 Å². The van der Waals surface area contributed by atoms with Crippen LogP contribution in [0.3, 0.4) is 0 Å². The third kappa shape index (κ3) is 3.86. The number of halogens is 4. The molecule has 1 amide bonds. The maximum absolute atomic E-state index is 13.4. The lowest BCUT2D eigenvalue weighted by atomic mass is 10.1. The first-order valence-corrected chi connectivity index (χ1v) is 8.10. The van der Waals surface area contributed by atoms with Gasteiger partial charge < -0.3 is 5.32 Å². The van der Waals surface area contributed by atoms with E-state index in [-0.39, 0.29) is 11.4 Å². The molecule has 1 heterocycles. The second-order valence-electron chi connectivity index (χ2n) is 5.29. The van der Waals surface area contributed by atoms with Crippen LogP contribution in [-0.2, 0) is 6.18 Å². The lowest BCUT2D eigenvalue weighted by Crippen LogP contribution is -2.15. The Labute approximate surface area is 157 Å². The molecule has 1 N–H and O–H groups in total. The zero-order valence-electron chi connectivity index (χ0n) is 13.0. The number of carbonyl (C=O) groups excluding carboxylic acids is 1. The molecule has 0 saturated carbocycles. The first-order valence-electron chi connectivity index (χ1n) is 7.28. The largest absolute Gasteiger partial charge is 0.418 e. The fourth-order valence-corrected chi connectivity index (χ4v) is 2.80. The zero-order valence-corrected chi connectivity index (χ0v) is 14.6. The van der Waals surface area contributed by atoms with Gasteiger partial charge in [-0.2, -0.15) is 18.3 Å². The van der Waals surface area contributed by atoms with Gasteiger partial charge in [0.2, 0.25) is 0 Å². The second kappa shape index (κ2) is 7.05. The number of alkyl halides is 3. The molecule has 134 valence electrons. The Kier molecular flexibility index (Phi) is 4.97. The predicted octanol–water partition coefficient (Wildman–Crippen LogP) is 5.67. The number of rotatable bonds is 3. The molecule has 3 aromatic rings. The molecule has 0 atom stereocenters. The van der Waals surface area contributed by atoms with Gasteiger partial charge in [-0.1, -0.05) is 42.4 Å². The van der Waals surface area contributed by atoms with Crippen LogP contribution in [0.5, 0.6) is 0 Å². The van der Waals surface area contributed by atoms with Crippen LogP contribution >= 0.6 is 24.2 Å². The van der Waals surface area contributed by atoms with E-state index >= 15 is 0 Å². The van der Waals surface area contributed by atoms with Crippen molar-refractivity contribution in [1.82, 2.24) is 9.78 Å². The SMILES string of the molecule is O=C(S)Nc1cccc(C(F)(F)F)c1-n1ccc(-c2cccc(Cl)c2)n1. The number of para-hydroxylation sites is 1. The van der Waals surface area contributed by atoms with E-state index in [1.54, 1.807) is 30.3 Å². The Balaban J connectivity index is 2.15. The van der Waals surface area contributed by atoms with Gasteiger partial charge in [0.05, 0.1) is 16.9 Å². The van der Waals surface area contributed by atoms with Crippen LogP contribution in [0.1, 0.15) is 5.56 Å². The highest BCUT2D eigenvalue weighted by Gasteiger charge is 2.35. The van der Waals surface area contributed by atoms with Crippen molar-refractivity contribution >= 4 is 35.2 Å². The lowest BCUT2D eigenvalue weighted by Gasteiger charge is -2.16. The average molecular weight is 398 g/mol. The fourth-order valence-electron chi connectivity index (χ4n) is 2.49. The highest BCUT2D eigenvalue weighted by molar-refractivity contribution is 7.96. The number of hydrogen-bond donors (Lipinski definition) is 2. The minimum atomic E-state index is -4.63. The minimum Gasteiger partial charge on any atom is -0.315 e. The predicted molar refractivity (Wildman–Crippen MR) is 97.0 cm³/mol. The van der Waals surface area contributed by atoms with Gasteiger partial charge in [-0.3, -0.25) is 4.79 Å². The molecule has 0 fully saturated rings. The summed E-state index contributed by atoms with van der Waals surface area (Å²) in [5, 5.41) is 6.20. The van der Waals surface area contributed by atoms with E-state index in [2.05, 4.69) is 23.0 Å². The zero-order chi connectivity index (χ0) is 18.9. The normalized spacial score (nSPS) is 11.4. The van der Waals surface area contributed by atoms with Crippen LogP contribution in [0.15, 0.2) is 54.7 Å². The van der Waals surface area contributed by atoms with Crippen molar-refractivity contribution in [2.75, 3.05) is 5.32 Å². The number of thiol groups is 1. The first-order chi connectivity index (χ1) is 12.3. The van der Waals surface area contributed by atoms with E-state index in [0.717, 1.165) is 10.7 Å². The molecule has 2 aromatic carbocycles. The van der Waals surface area contributed by atoms with Crippen molar-refractivity contribution in [3.05, 3.63) is 65.3 Å². The van der Waals surface area contributed by atoms with Crippen molar-refractivity contribution in [1.29, 1.82) is 0 Å². The summed E-state index contributed by atoms with van der Waals surface area (Å²) in [5.74, 6) is 0. The molecule has 0 aliphatic carbocycles. The Bertz CT molecular complexity index is 972. The summed E-state index contributed by atoms with van der Waals surface area (Å²) in [6.07, 6.45) is -3.25. The monoisotopic (exact) mass is 397 g/mol. The number of nitrogens with one attached hydrogen (secondary N) is 1. The highest BCUT2D eigenvalue weighted by Crippen LogP contribution is 2.37. The van der Waals surface area contributed by atoms with Crippen molar-refractivity contribution in [3.63, 3.8) is 0 Å². The van der Waals surface area contributed by atoms with Gasteiger partial charge in [0, 0.05) is 16.8 Å². The third-order valence-corrected chi connectivity index (χ3v) is 3.87. The molecule has 0 unspecified atom stereocenters. The number of carbonyl (C=O) groups is 1. The van der Waals surface area contributed by atoms with Gasteiger partial charge in [-0.25, -0.2) is 4.68 Å². The van der Waals surface area contributed by atoms with E-state index in [1.807, 2.05) is 0 Å². The summed E-state index contributed by atoms with van der Waals surface area (Å²) in [5.41, 5.74) is -0.192. The number of nitrogens with zero attached hydrogens (tertiary/aromatic N) is 2. The van der Waals surface area contributed by atoms with Crippen LogP contribution in [-0.4, -0.2) is 15.0 Å². The molecule has 9 heteroatoms. The minimum absolute atomic E-state index is 0.0550. The molecular weight excluding hydrogens is 387 g/mol. The van der Waals surface area contributed by atoms with Crippen molar-refractivity contribution in [2.45, 2.75) is 6.18 Å². The van der Waals surface area contributed by atoms with Crippen molar-refractivity contribution in [2.24, 2.45) is 0 Å². The van der Waals surface area contributed by atoms with Crippen molar-refractivity contribution < 1.29 is 18.0 Å². The quantitative estimate of drug-likeness (QED) is 0.559. The van der Waals surface area contributed by atoms with Crippen LogP contribution in [0.2, 0.25) is 5.02 Å². The molecule has 0 bridgehead atoms. The summed E-state index contributed by atoms with van der Waals surface area (Å²) >= 11 is 9.52. The summed E-state index contributed by atoms with van der Waals surface area (Å²) < 4.78 is 41.4. The molecule has 0 radical (unpaired) electrons. The smallest absolute Gasteiger partial charge is 0.315 e. The average Bonchev–Trinajstić information content (AvgIpc) is 3.03. The first kappa shape index (κ1) is 18.3. The van der Waals surface area contributed by atoms with Crippen LogP contribution in [0, 0.1) is 0 Å². The number of anilines is 1. The van der Waals surface area contributed by atoms with Gasteiger partial charge in [-0.05, 0) is 30.3 Å². The van der Waals surface area contributed by atoms with E-state index in [9.17, 15) is 18.0 Å². The molecule has 0 spiro atoms. The van der Waals surface area contributed by atoms with Crippen LogP contribution in [0.25, 0.3) is 16.9 Å². The maximum atomic E-state index is 13.4. The van der Waals surface area contributed by atoms with Crippen molar-refractivity contribution in [3.8, 4) is 16.9 Å². The summed E-state index contributed by atoms with van der Waals surface area (Å²) in [6.45, 7) is 0. The summed E-state index contributed by atoms with van der Waals surface area (Å²) in [6, 6.07) is 11.8. The van der Waals surface area contributed by atoms with E-state index in [4.69, 9.17) is 11.6 Å². The molecule has 1 aromatic heterocycles. The second-order valence-corrected chi connectivity index (χ2v) is 6.13. The Hall–Kier alpha value is -2.45. The van der Waals surface area contributed by atoms with E-state index in [0.29, 0.717) is 16.3 Å². The third-order valence-electron chi connectivity index (χ3n) is 3.52. The lowest BCUT2D eigenvalue weighted by molar-refractivity contribution is -0.137. The Morgan fingerprint density at radius 1 is 1.15 bits per heavy atom. The highest BCUT2D eigenvalue weighted by atomic mass is 35.5. The number of benzene rings is 2. The van der Waals surface area contributed by atoms with Gasteiger partial charge in [-0.15, -0.1) is 0 Å². The molecule has 0 aliphatic rings. The molecule has 0 saturated heterocycles. The number of hydrogen-bond acceptors (Lipinski definition) is 2. The summed E-state index contributed by atoms with van der Waals surface area (Å²) in [7, 11) is 0. The Morgan fingerprint density at radius 2 is 1.88 bits per heavy atom. The number of aromatic nitrogens is 2.